The van der Waals surface area contributed by atoms with Crippen molar-refractivity contribution >= 4 is 5.84 Å². The summed E-state index contributed by atoms with van der Waals surface area (Å²) in [6, 6.07) is 13.5. The summed E-state index contributed by atoms with van der Waals surface area (Å²) >= 11 is 0. The number of nitrogens with two attached hydrogens (primary N) is 1. The SMILES string of the molecule is COc1ccc(Cc2nccn2Cc2ccccc2C(=N)N)cc1OC. The maximum absolute atomic E-state index is 7.75. The third kappa shape index (κ3) is 3.69. The number of hydrogen-bond donors (Lipinski definition) is 2. The minimum absolute atomic E-state index is 0.0714. The number of nitrogens with zero attached hydrogens (tertiary/aromatic N) is 2. The zero-order valence-corrected chi connectivity index (χ0v) is 14.9. The van der Waals surface area contributed by atoms with Crippen LogP contribution in [-0.2, 0) is 13.0 Å². The molecule has 0 spiro atoms. The molecule has 2 aromatic carbocycles. The second-order valence-corrected chi connectivity index (χ2v) is 5.91. The van der Waals surface area contributed by atoms with E-state index >= 15 is 0 Å². The maximum Gasteiger partial charge on any atom is 0.161 e. The number of hydrogen-bond acceptors (Lipinski definition) is 4. The fourth-order valence-corrected chi connectivity index (χ4v) is 2.93. The third-order valence-corrected chi connectivity index (χ3v) is 4.26. The van der Waals surface area contributed by atoms with Gasteiger partial charge in [-0.25, -0.2) is 4.98 Å². The summed E-state index contributed by atoms with van der Waals surface area (Å²) in [5.41, 5.74) is 8.52. The smallest absolute Gasteiger partial charge is 0.161 e. The van der Waals surface area contributed by atoms with Crippen molar-refractivity contribution in [2.24, 2.45) is 5.73 Å². The minimum atomic E-state index is 0.0714. The Morgan fingerprint density at radius 1 is 1.12 bits per heavy atom. The lowest BCUT2D eigenvalue weighted by Crippen LogP contribution is -2.15. The van der Waals surface area contributed by atoms with Crippen LogP contribution in [0.5, 0.6) is 11.5 Å². The average Bonchev–Trinajstić information content (AvgIpc) is 3.08. The minimum Gasteiger partial charge on any atom is -0.493 e. The molecule has 0 aliphatic rings. The second kappa shape index (κ2) is 7.74. The van der Waals surface area contributed by atoms with Gasteiger partial charge in [0.15, 0.2) is 11.5 Å². The summed E-state index contributed by atoms with van der Waals surface area (Å²) in [5.74, 6) is 2.40. The Morgan fingerprint density at radius 2 is 1.88 bits per heavy atom. The van der Waals surface area contributed by atoms with Crippen LogP contribution in [0.15, 0.2) is 54.9 Å². The van der Waals surface area contributed by atoms with Crippen LogP contribution in [0.1, 0.15) is 22.5 Å². The van der Waals surface area contributed by atoms with Crippen LogP contribution < -0.4 is 15.2 Å². The molecule has 3 N–H and O–H groups in total. The number of nitrogen functional groups attached to an aromatic ring is 1. The van der Waals surface area contributed by atoms with Gasteiger partial charge in [0.1, 0.15) is 11.7 Å². The van der Waals surface area contributed by atoms with Crippen LogP contribution in [-0.4, -0.2) is 29.6 Å². The van der Waals surface area contributed by atoms with Crippen LogP contribution in [0.4, 0.5) is 0 Å². The molecule has 3 aromatic rings. The van der Waals surface area contributed by atoms with E-state index < -0.39 is 0 Å². The second-order valence-electron chi connectivity index (χ2n) is 5.91. The molecule has 0 atom stereocenters. The quantitative estimate of drug-likeness (QED) is 0.507. The molecule has 1 heterocycles. The third-order valence-electron chi connectivity index (χ3n) is 4.26. The molecule has 3 rings (SSSR count). The van der Waals surface area contributed by atoms with Gasteiger partial charge in [-0.2, -0.15) is 0 Å². The zero-order valence-electron chi connectivity index (χ0n) is 14.9. The van der Waals surface area contributed by atoms with Crippen LogP contribution >= 0.6 is 0 Å². The number of ether oxygens (including phenoxy) is 2. The molecule has 0 aliphatic carbocycles. The van der Waals surface area contributed by atoms with E-state index in [4.69, 9.17) is 20.6 Å². The lowest BCUT2D eigenvalue weighted by Gasteiger charge is -2.13. The zero-order chi connectivity index (χ0) is 18.5. The molecule has 0 bridgehead atoms. The van der Waals surface area contributed by atoms with Crippen molar-refractivity contribution < 1.29 is 9.47 Å². The Bertz CT molecular complexity index is 918. The van der Waals surface area contributed by atoms with Crippen molar-refractivity contribution in [3.05, 3.63) is 77.4 Å². The number of rotatable bonds is 7. The molecule has 0 amide bonds. The Hall–Kier alpha value is -3.28. The molecule has 0 saturated carbocycles. The first-order chi connectivity index (χ1) is 12.6. The summed E-state index contributed by atoms with van der Waals surface area (Å²) in [7, 11) is 3.25. The maximum atomic E-state index is 7.75. The molecule has 26 heavy (non-hydrogen) atoms. The summed E-state index contributed by atoms with van der Waals surface area (Å²) < 4.78 is 12.7. The topological polar surface area (TPSA) is 86.2 Å². The number of amidine groups is 1. The van der Waals surface area contributed by atoms with Gasteiger partial charge >= 0.3 is 0 Å². The summed E-state index contributed by atoms with van der Waals surface area (Å²) in [6.45, 7) is 0.610. The number of nitrogens with one attached hydrogen (secondary N) is 1. The first-order valence-electron chi connectivity index (χ1n) is 8.25. The van der Waals surface area contributed by atoms with Gasteiger partial charge < -0.3 is 19.8 Å². The van der Waals surface area contributed by atoms with E-state index in [2.05, 4.69) is 9.55 Å². The number of benzene rings is 2. The van der Waals surface area contributed by atoms with E-state index in [1.54, 1.807) is 20.4 Å². The predicted octanol–water partition coefficient (Wildman–Crippen LogP) is 2.82. The molecule has 134 valence electrons. The normalized spacial score (nSPS) is 10.5. The van der Waals surface area contributed by atoms with Gasteiger partial charge in [0.2, 0.25) is 0 Å². The molecule has 0 fully saturated rings. The first-order valence-corrected chi connectivity index (χ1v) is 8.25. The Labute approximate surface area is 152 Å². The van der Waals surface area contributed by atoms with Gasteiger partial charge in [-0.3, -0.25) is 5.41 Å². The summed E-state index contributed by atoms with van der Waals surface area (Å²) in [6.07, 6.45) is 4.38. The molecule has 0 aliphatic heterocycles. The van der Waals surface area contributed by atoms with Crippen molar-refractivity contribution in [3.63, 3.8) is 0 Å². The lowest BCUT2D eigenvalue weighted by atomic mass is 10.1. The molecular formula is C20H22N4O2. The van der Waals surface area contributed by atoms with Gasteiger partial charge in [-0.15, -0.1) is 0 Å². The van der Waals surface area contributed by atoms with Gasteiger partial charge in [0.05, 0.1) is 14.2 Å². The van der Waals surface area contributed by atoms with Crippen LogP contribution in [0, 0.1) is 5.41 Å². The van der Waals surface area contributed by atoms with Gasteiger partial charge in [0.25, 0.3) is 0 Å². The Morgan fingerprint density at radius 3 is 2.62 bits per heavy atom. The highest BCUT2D eigenvalue weighted by Gasteiger charge is 2.11. The molecular weight excluding hydrogens is 328 g/mol. The van der Waals surface area contributed by atoms with E-state index in [1.807, 2.05) is 48.7 Å². The van der Waals surface area contributed by atoms with Crippen LogP contribution in [0.2, 0.25) is 0 Å². The molecule has 6 heteroatoms. The van der Waals surface area contributed by atoms with Crippen LogP contribution in [0.25, 0.3) is 0 Å². The largest absolute Gasteiger partial charge is 0.493 e. The fraction of sp³-hybridized carbons (Fsp3) is 0.200. The Balaban J connectivity index is 1.85. The van der Waals surface area contributed by atoms with Crippen LogP contribution in [0.3, 0.4) is 0 Å². The molecule has 0 unspecified atom stereocenters. The first kappa shape index (κ1) is 17.5. The van der Waals surface area contributed by atoms with Crippen molar-refractivity contribution in [2.75, 3.05) is 14.2 Å². The van der Waals surface area contributed by atoms with Crippen molar-refractivity contribution in [3.8, 4) is 11.5 Å². The predicted molar refractivity (Wildman–Crippen MR) is 101 cm³/mol. The molecule has 6 nitrogen and oxygen atoms in total. The highest BCUT2D eigenvalue weighted by Crippen LogP contribution is 2.28. The number of methoxy groups -OCH3 is 2. The van der Waals surface area contributed by atoms with Crippen molar-refractivity contribution in [1.29, 1.82) is 5.41 Å². The van der Waals surface area contributed by atoms with Gasteiger partial charge in [-0.1, -0.05) is 30.3 Å². The standard InChI is InChI=1S/C20H22N4O2/c1-25-17-8-7-14(11-18(17)26-2)12-19-23-9-10-24(19)13-15-5-3-4-6-16(15)20(21)22/h3-11H,12-13H2,1-2H3,(H3,21,22). The summed E-state index contributed by atoms with van der Waals surface area (Å²) in [5, 5.41) is 7.75. The highest BCUT2D eigenvalue weighted by atomic mass is 16.5. The lowest BCUT2D eigenvalue weighted by molar-refractivity contribution is 0.354. The van der Waals surface area contributed by atoms with E-state index in [1.165, 1.54) is 0 Å². The van der Waals surface area contributed by atoms with Crippen molar-refractivity contribution in [2.45, 2.75) is 13.0 Å². The number of imidazole rings is 1. The monoisotopic (exact) mass is 350 g/mol. The van der Waals surface area contributed by atoms with Gasteiger partial charge in [-0.05, 0) is 23.3 Å². The van der Waals surface area contributed by atoms with E-state index in [0.717, 1.165) is 22.5 Å². The van der Waals surface area contributed by atoms with E-state index in [-0.39, 0.29) is 5.84 Å². The fourth-order valence-electron chi connectivity index (χ4n) is 2.93. The van der Waals surface area contributed by atoms with Crippen molar-refractivity contribution in [1.82, 2.24) is 9.55 Å². The average molecular weight is 350 g/mol. The summed E-state index contributed by atoms with van der Waals surface area (Å²) in [4.78, 5) is 4.49. The molecule has 1 aromatic heterocycles. The van der Waals surface area contributed by atoms with Gasteiger partial charge in [0, 0.05) is 30.9 Å². The molecule has 0 saturated heterocycles. The molecule has 0 radical (unpaired) electrons. The van der Waals surface area contributed by atoms with E-state index in [0.29, 0.717) is 24.5 Å². The highest BCUT2D eigenvalue weighted by molar-refractivity contribution is 5.96. The number of aromatic nitrogens is 2. The Kier molecular flexibility index (Phi) is 5.22. The van der Waals surface area contributed by atoms with E-state index in [9.17, 15) is 0 Å².